The summed E-state index contributed by atoms with van der Waals surface area (Å²) in [6, 6.07) is 10.8. The van der Waals surface area contributed by atoms with Crippen LogP contribution < -0.4 is 15.5 Å². The zero-order valence-electron chi connectivity index (χ0n) is 17.5. The van der Waals surface area contributed by atoms with Crippen LogP contribution in [0, 0.1) is 0 Å². The Labute approximate surface area is 170 Å². The number of aliphatic imine (C=N–C) groups is 1. The highest BCUT2D eigenvalue weighted by atomic mass is 32.2. The van der Waals surface area contributed by atoms with Gasteiger partial charge in [0.25, 0.3) is 0 Å². The highest BCUT2D eigenvalue weighted by Gasteiger charge is 2.17. The van der Waals surface area contributed by atoms with Gasteiger partial charge in [0.1, 0.15) is 0 Å². The van der Waals surface area contributed by atoms with Crippen molar-refractivity contribution in [3.63, 3.8) is 0 Å². The smallest absolute Gasteiger partial charge is 0.191 e. The number of para-hydroxylation sites is 1. The first-order chi connectivity index (χ1) is 13.0. The molecule has 0 radical (unpaired) electrons. The van der Waals surface area contributed by atoms with Crippen molar-refractivity contribution in [2.75, 3.05) is 64.0 Å². The first-order valence-electron chi connectivity index (χ1n) is 10.1. The molecular weight excluding hydrogens is 354 g/mol. The molecule has 0 amide bonds. The van der Waals surface area contributed by atoms with Gasteiger partial charge in [-0.05, 0) is 51.6 Å². The fourth-order valence-electron chi connectivity index (χ4n) is 3.13. The quantitative estimate of drug-likeness (QED) is 0.385. The van der Waals surface area contributed by atoms with Gasteiger partial charge in [0.05, 0.1) is 0 Å². The second-order valence-electron chi connectivity index (χ2n) is 7.69. The van der Waals surface area contributed by atoms with Crippen molar-refractivity contribution in [1.29, 1.82) is 0 Å². The molecule has 152 valence electrons. The van der Waals surface area contributed by atoms with E-state index in [-0.39, 0.29) is 4.75 Å². The summed E-state index contributed by atoms with van der Waals surface area (Å²) in [4.78, 5) is 9.40. The van der Waals surface area contributed by atoms with E-state index in [1.807, 2.05) is 18.8 Å². The van der Waals surface area contributed by atoms with Crippen molar-refractivity contribution in [3.8, 4) is 0 Å². The molecular formula is C21H37N5S. The molecule has 1 heterocycles. The number of anilines is 1. The van der Waals surface area contributed by atoms with Gasteiger partial charge in [0.15, 0.2) is 5.96 Å². The molecule has 0 aromatic heterocycles. The number of thioether (sulfide) groups is 1. The minimum atomic E-state index is 0.222. The van der Waals surface area contributed by atoms with Gasteiger partial charge in [-0.1, -0.05) is 18.2 Å². The van der Waals surface area contributed by atoms with Gasteiger partial charge in [-0.15, -0.1) is 0 Å². The maximum Gasteiger partial charge on any atom is 0.191 e. The second-order valence-corrected chi connectivity index (χ2v) is 9.20. The zero-order valence-corrected chi connectivity index (χ0v) is 18.3. The molecule has 1 aliphatic heterocycles. The normalized spacial score (nSPS) is 16.4. The summed E-state index contributed by atoms with van der Waals surface area (Å²) in [5.74, 6) is 0.911. The van der Waals surface area contributed by atoms with Crippen LogP contribution in [0.1, 0.15) is 26.7 Å². The van der Waals surface area contributed by atoms with E-state index < -0.39 is 0 Å². The molecule has 0 unspecified atom stereocenters. The van der Waals surface area contributed by atoms with Crippen molar-refractivity contribution in [3.05, 3.63) is 30.3 Å². The summed E-state index contributed by atoms with van der Waals surface area (Å²) in [7, 11) is 1.84. The lowest BCUT2D eigenvalue weighted by atomic mass is 10.2. The largest absolute Gasteiger partial charge is 0.369 e. The Balaban J connectivity index is 1.55. The topological polar surface area (TPSA) is 42.9 Å². The number of piperazine rings is 1. The third kappa shape index (κ3) is 8.01. The third-order valence-corrected chi connectivity index (χ3v) is 6.39. The van der Waals surface area contributed by atoms with E-state index in [1.165, 1.54) is 25.1 Å². The summed E-state index contributed by atoms with van der Waals surface area (Å²) < 4.78 is 0.222. The van der Waals surface area contributed by atoms with Crippen LogP contribution in [0.2, 0.25) is 0 Å². The predicted octanol–water partition coefficient (Wildman–Crippen LogP) is 2.90. The Morgan fingerprint density at radius 1 is 1.07 bits per heavy atom. The molecule has 1 aromatic rings. The van der Waals surface area contributed by atoms with Crippen LogP contribution in [0.25, 0.3) is 0 Å². The minimum absolute atomic E-state index is 0.222. The number of rotatable bonds is 9. The number of hydrogen-bond acceptors (Lipinski definition) is 4. The van der Waals surface area contributed by atoms with Gasteiger partial charge in [-0.3, -0.25) is 9.89 Å². The van der Waals surface area contributed by atoms with Gasteiger partial charge >= 0.3 is 0 Å². The van der Waals surface area contributed by atoms with E-state index in [9.17, 15) is 0 Å². The van der Waals surface area contributed by atoms with Gasteiger partial charge in [0, 0.05) is 56.8 Å². The maximum atomic E-state index is 4.32. The Morgan fingerprint density at radius 2 is 1.78 bits per heavy atom. The van der Waals surface area contributed by atoms with Crippen molar-refractivity contribution in [1.82, 2.24) is 15.5 Å². The lowest BCUT2D eigenvalue weighted by Crippen LogP contribution is -2.46. The fraction of sp³-hybridized carbons (Fsp3) is 0.667. The molecule has 1 fully saturated rings. The highest BCUT2D eigenvalue weighted by Crippen LogP contribution is 2.19. The van der Waals surface area contributed by atoms with Crippen LogP contribution in [-0.4, -0.2) is 74.7 Å². The Bertz CT molecular complexity index is 553. The molecule has 0 aliphatic carbocycles. The number of nitrogens with one attached hydrogen (secondary N) is 2. The highest BCUT2D eigenvalue weighted by molar-refractivity contribution is 7.99. The Morgan fingerprint density at radius 3 is 2.41 bits per heavy atom. The molecule has 1 aromatic carbocycles. The van der Waals surface area contributed by atoms with Crippen LogP contribution in [-0.2, 0) is 0 Å². The summed E-state index contributed by atoms with van der Waals surface area (Å²) >= 11 is 1.87. The van der Waals surface area contributed by atoms with Crippen molar-refractivity contribution >= 4 is 23.4 Å². The molecule has 2 N–H and O–H groups in total. The molecule has 5 nitrogen and oxygen atoms in total. The molecule has 1 saturated heterocycles. The van der Waals surface area contributed by atoms with E-state index in [1.54, 1.807) is 0 Å². The van der Waals surface area contributed by atoms with E-state index in [0.717, 1.165) is 45.2 Å². The molecule has 0 saturated carbocycles. The van der Waals surface area contributed by atoms with E-state index in [0.29, 0.717) is 0 Å². The average Bonchev–Trinajstić information content (AvgIpc) is 2.71. The Kier molecular flexibility index (Phi) is 9.28. The maximum absolute atomic E-state index is 4.32. The molecule has 0 bridgehead atoms. The molecule has 1 aliphatic rings. The lowest BCUT2D eigenvalue weighted by molar-refractivity contribution is 0.253. The van der Waals surface area contributed by atoms with Crippen molar-refractivity contribution in [2.24, 2.45) is 4.99 Å². The van der Waals surface area contributed by atoms with E-state index in [4.69, 9.17) is 0 Å². The monoisotopic (exact) mass is 391 g/mol. The summed E-state index contributed by atoms with van der Waals surface area (Å²) in [6.45, 7) is 12.2. The standard InChI is InChI=1S/C21H37N5S/c1-21(2,27-4)18-24-20(22-3)23-12-8-9-13-25-14-16-26(17-15-25)19-10-6-5-7-11-19/h5-7,10-11H,8-9,12-18H2,1-4H3,(H2,22,23,24). The van der Waals surface area contributed by atoms with Gasteiger partial charge in [-0.2, -0.15) is 11.8 Å². The molecule has 2 rings (SSSR count). The van der Waals surface area contributed by atoms with Gasteiger partial charge < -0.3 is 15.5 Å². The zero-order chi connectivity index (χ0) is 19.5. The van der Waals surface area contributed by atoms with Crippen LogP contribution >= 0.6 is 11.8 Å². The minimum Gasteiger partial charge on any atom is -0.369 e. The fourth-order valence-corrected chi connectivity index (χ4v) is 3.34. The van der Waals surface area contributed by atoms with Crippen LogP contribution in [0.15, 0.2) is 35.3 Å². The van der Waals surface area contributed by atoms with Crippen molar-refractivity contribution in [2.45, 2.75) is 31.4 Å². The number of benzene rings is 1. The van der Waals surface area contributed by atoms with Crippen molar-refractivity contribution < 1.29 is 0 Å². The third-order valence-electron chi connectivity index (χ3n) is 5.14. The summed E-state index contributed by atoms with van der Waals surface area (Å²) in [5, 5.41) is 6.86. The summed E-state index contributed by atoms with van der Waals surface area (Å²) in [6.07, 6.45) is 4.55. The first-order valence-corrected chi connectivity index (χ1v) is 11.3. The SMILES string of the molecule is CN=C(NCCCCN1CCN(c2ccccc2)CC1)NCC(C)(C)SC. The average molecular weight is 392 g/mol. The molecule has 0 spiro atoms. The second kappa shape index (κ2) is 11.4. The van der Waals surface area contributed by atoms with Crippen LogP contribution in [0.4, 0.5) is 5.69 Å². The van der Waals surface area contributed by atoms with E-state index in [2.05, 4.69) is 75.9 Å². The number of unbranched alkanes of at least 4 members (excludes halogenated alkanes) is 1. The van der Waals surface area contributed by atoms with Gasteiger partial charge in [-0.25, -0.2) is 0 Å². The van der Waals surface area contributed by atoms with Crippen LogP contribution in [0.3, 0.4) is 0 Å². The number of hydrogen-bond donors (Lipinski definition) is 2. The van der Waals surface area contributed by atoms with Gasteiger partial charge in [0.2, 0.25) is 0 Å². The van der Waals surface area contributed by atoms with E-state index >= 15 is 0 Å². The number of guanidine groups is 1. The number of nitrogens with zero attached hydrogens (tertiary/aromatic N) is 3. The predicted molar refractivity (Wildman–Crippen MR) is 121 cm³/mol. The lowest BCUT2D eigenvalue weighted by Gasteiger charge is -2.36. The van der Waals surface area contributed by atoms with Crippen LogP contribution in [0.5, 0.6) is 0 Å². The molecule has 6 heteroatoms. The summed E-state index contributed by atoms with van der Waals surface area (Å²) in [5.41, 5.74) is 1.35. The molecule has 27 heavy (non-hydrogen) atoms. The Hall–Kier alpha value is -1.40. The molecule has 0 atom stereocenters. The first kappa shape index (κ1) is 21.9.